The van der Waals surface area contributed by atoms with Gasteiger partial charge in [0.15, 0.2) is 0 Å². The Morgan fingerprint density at radius 3 is 2.78 bits per heavy atom. The van der Waals surface area contributed by atoms with E-state index in [-0.39, 0.29) is 0 Å². The lowest BCUT2D eigenvalue weighted by Crippen LogP contribution is -2.40. The van der Waals surface area contributed by atoms with Crippen molar-refractivity contribution in [1.29, 1.82) is 0 Å². The number of thiophene rings is 1. The molecule has 2 rings (SSSR count). The van der Waals surface area contributed by atoms with Gasteiger partial charge in [0.25, 0.3) is 0 Å². The molecule has 1 N–H and O–H groups in total. The van der Waals surface area contributed by atoms with E-state index in [4.69, 9.17) is 4.74 Å². The minimum absolute atomic E-state index is 0.401. The largest absolute Gasteiger partial charge is 0.381 e. The summed E-state index contributed by atoms with van der Waals surface area (Å²) in [6, 6.07) is 4.41. The van der Waals surface area contributed by atoms with Gasteiger partial charge in [-0.15, -0.1) is 11.3 Å². The van der Waals surface area contributed by atoms with E-state index in [1.807, 2.05) is 11.3 Å². The third-order valence-corrected chi connectivity index (χ3v) is 5.28. The first kappa shape index (κ1) is 14.5. The maximum atomic E-state index is 5.54. The molecular formula is C14H22BrNOS. The van der Waals surface area contributed by atoms with Gasteiger partial charge in [0.2, 0.25) is 0 Å². The zero-order valence-corrected chi connectivity index (χ0v) is 13.4. The van der Waals surface area contributed by atoms with Gasteiger partial charge in [-0.2, -0.15) is 0 Å². The van der Waals surface area contributed by atoms with E-state index in [1.165, 1.54) is 34.3 Å². The summed E-state index contributed by atoms with van der Waals surface area (Å²) < 4.78 is 6.78. The van der Waals surface area contributed by atoms with Gasteiger partial charge < -0.3 is 10.1 Å². The van der Waals surface area contributed by atoms with Crippen molar-refractivity contribution in [1.82, 2.24) is 5.32 Å². The van der Waals surface area contributed by atoms with E-state index in [0.717, 1.165) is 26.3 Å². The van der Waals surface area contributed by atoms with Gasteiger partial charge in [-0.25, -0.2) is 0 Å². The molecule has 2 heterocycles. The first-order chi connectivity index (χ1) is 8.74. The molecular weight excluding hydrogens is 310 g/mol. The van der Waals surface area contributed by atoms with Crippen molar-refractivity contribution in [2.45, 2.75) is 32.6 Å². The van der Waals surface area contributed by atoms with Crippen LogP contribution in [0.25, 0.3) is 0 Å². The van der Waals surface area contributed by atoms with E-state index >= 15 is 0 Å². The number of nitrogens with one attached hydrogen (secondary N) is 1. The van der Waals surface area contributed by atoms with Crippen LogP contribution in [0.5, 0.6) is 0 Å². The SMILES string of the molecule is CCCNCC1(Cc2ccc(Br)s2)CCOCC1. The van der Waals surface area contributed by atoms with Gasteiger partial charge in [-0.1, -0.05) is 6.92 Å². The third-order valence-electron chi connectivity index (χ3n) is 3.66. The van der Waals surface area contributed by atoms with Crippen LogP contribution in [0, 0.1) is 5.41 Å². The first-order valence-electron chi connectivity index (χ1n) is 6.77. The minimum Gasteiger partial charge on any atom is -0.381 e. The Hall–Kier alpha value is 0.1000. The summed E-state index contributed by atoms with van der Waals surface area (Å²) in [4.78, 5) is 1.49. The lowest BCUT2D eigenvalue weighted by Gasteiger charge is -2.37. The Bertz CT molecular complexity index is 360. The van der Waals surface area contributed by atoms with Crippen molar-refractivity contribution in [2.24, 2.45) is 5.41 Å². The van der Waals surface area contributed by atoms with Crippen molar-refractivity contribution in [3.8, 4) is 0 Å². The van der Waals surface area contributed by atoms with Crippen LogP contribution in [0.15, 0.2) is 15.9 Å². The van der Waals surface area contributed by atoms with Crippen molar-refractivity contribution in [2.75, 3.05) is 26.3 Å². The Morgan fingerprint density at radius 2 is 2.17 bits per heavy atom. The molecule has 0 saturated carbocycles. The van der Waals surface area contributed by atoms with E-state index in [9.17, 15) is 0 Å². The van der Waals surface area contributed by atoms with Gasteiger partial charge in [0.1, 0.15) is 0 Å². The summed E-state index contributed by atoms with van der Waals surface area (Å²) in [7, 11) is 0. The molecule has 0 aromatic carbocycles. The van der Waals surface area contributed by atoms with Crippen molar-refractivity contribution in [3.05, 3.63) is 20.8 Å². The molecule has 0 aliphatic carbocycles. The molecule has 1 fully saturated rings. The maximum Gasteiger partial charge on any atom is 0.0701 e. The second-order valence-electron chi connectivity index (χ2n) is 5.17. The number of halogens is 1. The average molecular weight is 332 g/mol. The Kier molecular flexibility index (Phi) is 5.67. The smallest absolute Gasteiger partial charge is 0.0701 e. The quantitative estimate of drug-likeness (QED) is 0.799. The fourth-order valence-corrected chi connectivity index (χ4v) is 4.22. The highest BCUT2D eigenvalue weighted by molar-refractivity contribution is 9.11. The molecule has 1 aromatic rings. The van der Waals surface area contributed by atoms with E-state index in [0.29, 0.717) is 5.41 Å². The molecule has 2 nitrogen and oxygen atoms in total. The molecule has 102 valence electrons. The van der Waals surface area contributed by atoms with Crippen molar-refractivity contribution < 1.29 is 4.74 Å². The fraction of sp³-hybridized carbons (Fsp3) is 0.714. The molecule has 1 aliphatic rings. The highest BCUT2D eigenvalue weighted by atomic mass is 79.9. The third kappa shape index (κ3) is 4.05. The number of ether oxygens (including phenoxy) is 1. The molecule has 0 atom stereocenters. The number of hydrogen-bond acceptors (Lipinski definition) is 3. The summed E-state index contributed by atoms with van der Waals surface area (Å²) in [5.74, 6) is 0. The van der Waals surface area contributed by atoms with Crippen LogP contribution in [0.4, 0.5) is 0 Å². The highest BCUT2D eigenvalue weighted by Crippen LogP contribution is 2.36. The molecule has 18 heavy (non-hydrogen) atoms. The summed E-state index contributed by atoms with van der Waals surface area (Å²) in [6.07, 6.45) is 4.75. The lowest BCUT2D eigenvalue weighted by atomic mass is 9.76. The van der Waals surface area contributed by atoms with Crippen LogP contribution in [-0.2, 0) is 11.2 Å². The molecule has 0 unspecified atom stereocenters. The van der Waals surface area contributed by atoms with Crippen molar-refractivity contribution >= 4 is 27.3 Å². The normalized spacial score (nSPS) is 19.0. The predicted molar refractivity (Wildman–Crippen MR) is 81.4 cm³/mol. The lowest BCUT2D eigenvalue weighted by molar-refractivity contribution is 0.0154. The second-order valence-corrected chi connectivity index (χ2v) is 7.72. The summed E-state index contributed by atoms with van der Waals surface area (Å²) in [6.45, 7) is 6.30. The Morgan fingerprint density at radius 1 is 1.39 bits per heavy atom. The highest BCUT2D eigenvalue weighted by Gasteiger charge is 2.32. The van der Waals surface area contributed by atoms with Gasteiger partial charge in [-0.05, 0) is 65.7 Å². The van der Waals surface area contributed by atoms with Crippen LogP contribution in [-0.4, -0.2) is 26.3 Å². The van der Waals surface area contributed by atoms with Gasteiger partial charge >= 0.3 is 0 Å². The summed E-state index contributed by atoms with van der Waals surface area (Å²) >= 11 is 5.42. The number of hydrogen-bond donors (Lipinski definition) is 1. The van der Waals surface area contributed by atoms with E-state index in [1.54, 1.807) is 0 Å². The van der Waals surface area contributed by atoms with Crippen molar-refractivity contribution in [3.63, 3.8) is 0 Å². The fourth-order valence-electron chi connectivity index (χ4n) is 2.57. The van der Waals surface area contributed by atoms with Crippen LogP contribution in [0.3, 0.4) is 0 Å². The molecule has 0 amide bonds. The molecule has 4 heteroatoms. The predicted octanol–water partition coefficient (Wildman–Crippen LogP) is 3.85. The number of rotatable bonds is 6. The second kappa shape index (κ2) is 7.04. The monoisotopic (exact) mass is 331 g/mol. The van der Waals surface area contributed by atoms with Crippen LogP contribution >= 0.6 is 27.3 Å². The Balaban J connectivity index is 1.99. The Labute approximate surface area is 122 Å². The van der Waals surface area contributed by atoms with Gasteiger partial charge in [0.05, 0.1) is 3.79 Å². The molecule has 1 aliphatic heterocycles. The topological polar surface area (TPSA) is 21.3 Å². The standard InChI is InChI=1S/C14H22BrNOS/c1-2-7-16-11-14(5-8-17-9-6-14)10-12-3-4-13(15)18-12/h3-4,16H,2,5-11H2,1H3. The first-order valence-corrected chi connectivity index (χ1v) is 8.38. The zero-order chi connectivity index (χ0) is 12.8. The minimum atomic E-state index is 0.401. The maximum absolute atomic E-state index is 5.54. The van der Waals surface area contributed by atoms with E-state index in [2.05, 4.69) is 40.3 Å². The van der Waals surface area contributed by atoms with E-state index < -0.39 is 0 Å². The molecule has 0 bridgehead atoms. The molecule has 0 radical (unpaired) electrons. The molecule has 1 saturated heterocycles. The molecule has 1 aromatic heterocycles. The van der Waals surface area contributed by atoms with Gasteiger partial charge in [0, 0.05) is 24.6 Å². The zero-order valence-electron chi connectivity index (χ0n) is 11.0. The van der Waals surface area contributed by atoms with Crippen LogP contribution < -0.4 is 5.32 Å². The summed E-state index contributed by atoms with van der Waals surface area (Å²) in [5.41, 5.74) is 0.401. The molecule has 0 spiro atoms. The summed E-state index contributed by atoms with van der Waals surface area (Å²) in [5, 5.41) is 3.61. The van der Waals surface area contributed by atoms with Crippen LogP contribution in [0.1, 0.15) is 31.1 Å². The average Bonchev–Trinajstić information content (AvgIpc) is 2.76. The van der Waals surface area contributed by atoms with Gasteiger partial charge in [-0.3, -0.25) is 0 Å². The van der Waals surface area contributed by atoms with Crippen LogP contribution in [0.2, 0.25) is 0 Å².